The Hall–Kier alpha value is -2.53. The standard InChI is InChI=1S/C22H24ClNO4/c1-27-22(26)24(19-10-6-3-7-11-19)20(16-12-14-18(23)15-13-16)28-21(25)17-8-4-2-5-9-17/h2,4-5,8-9,12-15,19-20H,3,6-7,10-11H2,1H3. The third kappa shape index (κ3) is 4.84. The summed E-state index contributed by atoms with van der Waals surface area (Å²) in [4.78, 5) is 27.0. The Kier molecular flexibility index (Phi) is 6.93. The fourth-order valence-electron chi connectivity index (χ4n) is 3.56. The average Bonchev–Trinajstić information content (AvgIpc) is 2.75. The van der Waals surface area contributed by atoms with E-state index in [-0.39, 0.29) is 6.04 Å². The molecule has 1 atom stereocenters. The number of esters is 1. The summed E-state index contributed by atoms with van der Waals surface area (Å²) in [5.74, 6) is -0.495. The Morgan fingerprint density at radius 2 is 1.64 bits per heavy atom. The molecule has 6 heteroatoms. The first-order valence-electron chi connectivity index (χ1n) is 9.48. The lowest BCUT2D eigenvalue weighted by Gasteiger charge is -2.38. The van der Waals surface area contributed by atoms with E-state index in [1.165, 1.54) is 7.11 Å². The van der Waals surface area contributed by atoms with Gasteiger partial charge in [-0.05, 0) is 37.1 Å². The van der Waals surface area contributed by atoms with Crippen LogP contribution < -0.4 is 0 Å². The highest BCUT2D eigenvalue weighted by molar-refractivity contribution is 6.30. The van der Waals surface area contributed by atoms with Crippen molar-refractivity contribution in [3.63, 3.8) is 0 Å². The molecule has 1 unspecified atom stereocenters. The summed E-state index contributed by atoms with van der Waals surface area (Å²) in [5.41, 5.74) is 1.10. The van der Waals surface area contributed by atoms with Gasteiger partial charge in [-0.2, -0.15) is 0 Å². The molecule has 28 heavy (non-hydrogen) atoms. The van der Waals surface area contributed by atoms with E-state index in [0.717, 1.165) is 32.1 Å². The number of amides is 1. The van der Waals surface area contributed by atoms with Crippen LogP contribution in [0, 0.1) is 0 Å². The van der Waals surface area contributed by atoms with Crippen molar-refractivity contribution >= 4 is 23.7 Å². The molecule has 148 valence electrons. The van der Waals surface area contributed by atoms with Gasteiger partial charge in [0.05, 0.1) is 12.7 Å². The number of carbonyl (C=O) groups is 2. The molecule has 0 saturated heterocycles. The van der Waals surface area contributed by atoms with Gasteiger partial charge in [-0.3, -0.25) is 4.90 Å². The van der Waals surface area contributed by atoms with E-state index in [1.54, 1.807) is 53.4 Å². The Labute approximate surface area is 170 Å². The molecule has 3 rings (SSSR count). The predicted molar refractivity (Wildman–Crippen MR) is 107 cm³/mol. The van der Waals surface area contributed by atoms with Gasteiger partial charge in [-0.15, -0.1) is 0 Å². The zero-order valence-corrected chi connectivity index (χ0v) is 16.6. The van der Waals surface area contributed by atoms with Gasteiger partial charge in [-0.25, -0.2) is 9.59 Å². The van der Waals surface area contributed by atoms with Crippen molar-refractivity contribution in [2.24, 2.45) is 0 Å². The van der Waals surface area contributed by atoms with E-state index in [1.807, 2.05) is 6.07 Å². The van der Waals surface area contributed by atoms with Crippen molar-refractivity contribution in [2.75, 3.05) is 7.11 Å². The SMILES string of the molecule is COC(=O)N(C1CCCCC1)C(OC(=O)c1ccccc1)c1ccc(Cl)cc1. The summed E-state index contributed by atoms with van der Waals surface area (Å²) < 4.78 is 10.9. The average molecular weight is 402 g/mol. The summed E-state index contributed by atoms with van der Waals surface area (Å²) in [5, 5.41) is 0.569. The molecule has 1 aliphatic rings. The van der Waals surface area contributed by atoms with Crippen LogP contribution in [0.3, 0.4) is 0 Å². The van der Waals surface area contributed by atoms with Crippen LogP contribution in [0.1, 0.15) is 54.3 Å². The van der Waals surface area contributed by atoms with Crippen LogP contribution in [0.25, 0.3) is 0 Å². The third-order valence-corrected chi connectivity index (χ3v) is 5.24. The summed E-state index contributed by atoms with van der Waals surface area (Å²) in [6.07, 6.45) is 3.50. The summed E-state index contributed by atoms with van der Waals surface area (Å²) in [6, 6.07) is 15.7. The van der Waals surface area contributed by atoms with Crippen molar-refractivity contribution in [3.8, 4) is 0 Å². The summed E-state index contributed by atoms with van der Waals surface area (Å²) in [6.45, 7) is 0. The zero-order chi connectivity index (χ0) is 19.9. The molecule has 5 nitrogen and oxygen atoms in total. The highest BCUT2D eigenvalue weighted by atomic mass is 35.5. The molecule has 1 fully saturated rings. The van der Waals surface area contributed by atoms with Gasteiger partial charge >= 0.3 is 12.1 Å². The first-order chi connectivity index (χ1) is 13.6. The fourth-order valence-corrected chi connectivity index (χ4v) is 3.68. The van der Waals surface area contributed by atoms with E-state index in [9.17, 15) is 9.59 Å². The molecular weight excluding hydrogens is 378 g/mol. The van der Waals surface area contributed by atoms with E-state index in [4.69, 9.17) is 21.1 Å². The van der Waals surface area contributed by atoms with E-state index >= 15 is 0 Å². The third-order valence-electron chi connectivity index (χ3n) is 4.99. The lowest BCUT2D eigenvalue weighted by Crippen LogP contribution is -2.45. The monoisotopic (exact) mass is 401 g/mol. The van der Waals surface area contributed by atoms with Gasteiger partial charge in [0, 0.05) is 16.6 Å². The largest absolute Gasteiger partial charge is 0.453 e. The van der Waals surface area contributed by atoms with Gasteiger partial charge in [0.2, 0.25) is 6.23 Å². The minimum atomic E-state index is -0.888. The van der Waals surface area contributed by atoms with E-state index in [2.05, 4.69) is 0 Å². The Balaban J connectivity index is 1.96. The van der Waals surface area contributed by atoms with Crippen LogP contribution in [0.5, 0.6) is 0 Å². The molecule has 0 bridgehead atoms. The number of hydrogen-bond acceptors (Lipinski definition) is 4. The zero-order valence-electron chi connectivity index (χ0n) is 15.8. The number of ether oxygens (including phenoxy) is 2. The summed E-state index contributed by atoms with van der Waals surface area (Å²) >= 11 is 6.02. The molecule has 0 radical (unpaired) electrons. The van der Waals surface area contributed by atoms with Gasteiger partial charge in [0.25, 0.3) is 0 Å². The lowest BCUT2D eigenvalue weighted by molar-refractivity contribution is -0.0497. The molecule has 1 aliphatic carbocycles. The lowest BCUT2D eigenvalue weighted by atomic mass is 9.93. The molecule has 2 aromatic carbocycles. The maximum Gasteiger partial charge on any atom is 0.412 e. The molecule has 0 aromatic heterocycles. The van der Waals surface area contributed by atoms with Crippen LogP contribution in [0.4, 0.5) is 4.79 Å². The number of carbonyl (C=O) groups excluding carboxylic acids is 2. The van der Waals surface area contributed by atoms with Crippen LogP contribution in [0.15, 0.2) is 54.6 Å². The predicted octanol–water partition coefficient (Wildman–Crippen LogP) is 5.60. The molecular formula is C22H24ClNO4. The number of halogens is 1. The Bertz CT molecular complexity index is 788. The number of rotatable bonds is 5. The highest BCUT2D eigenvalue weighted by Gasteiger charge is 2.36. The Morgan fingerprint density at radius 1 is 1.00 bits per heavy atom. The van der Waals surface area contributed by atoms with Crippen molar-refractivity contribution in [2.45, 2.75) is 44.4 Å². The van der Waals surface area contributed by atoms with Crippen molar-refractivity contribution in [3.05, 3.63) is 70.7 Å². The van der Waals surface area contributed by atoms with Gasteiger partial charge in [0.1, 0.15) is 0 Å². The van der Waals surface area contributed by atoms with E-state index in [0.29, 0.717) is 16.1 Å². The highest BCUT2D eigenvalue weighted by Crippen LogP contribution is 2.33. The smallest absolute Gasteiger partial charge is 0.412 e. The number of benzene rings is 2. The summed E-state index contributed by atoms with van der Waals surface area (Å²) in [7, 11) is 1.34. The van der Waals surface area contributed by atoms with Gasteiger partial charge < -0.3 is 9.47 Å². The number of hydrogen-bond donors (Lipinski definition) is 0. The molecule has 0 aliphatic heterocycles. The first kappa shape index (κ1) is 20.2. The van der Waals surface area contributed by atoms with Crippen LogP contribution in [-0.4, -0.2) is 30.1 Å². The topological polar surface area (TPSA) is 55.8 Å². The number of methoxy groups -OCH3 is 1. The second-order valence-electron chi connectivity index (χ2n) is 6.84. The molecule has 0 spiro atoms. The minimum Gasteiger partial charge on any atom is -0.453 e. The molecule has 2 aromatic rings. The molecule has 0 N–H and O–H groups in total. The van der Waals surface area contributed by atoms with Crippen LogP contribution >= 0.6 is 11.6 Å². The van der Waals surface area contributed by atoms with Crippen LogP contribution in [-0.2, 0) is 9.47 Å². The maximum atomic E-state index is 12.8. The number of nitrogens with zero attached hydrogens (tertiary/aromatic N) is 1. The van der Waals surface area contributed by atoms with Crippen molar-refractivity contribution < 1.29 is 19.1 Å². The quantitative estimate of drug-likeness (QED) is 0.483. The maximum absolute atomic E-state index is 12.8. The first-order valence-corrected chi connectivity index (χ1v) is 9.85. The normalized spacial score (nSPS) is 15.5. The molecule has 1 saturated carbocycles. The second kappa shape index (κ2) is 9.60. The van der Waals surface area contributed by atoms with Crippen LogP contribution in [0.2, 0.25) is 5.02 Å². The molecule has 0 heterocycles. The fraction of sp³-hybridized carbons (Fsp3) is 0.364. The van der Waals surface area contributed by atoms with Gasteiger partial charge in [-0.1, -0.05) is 61.2 Å². The van der Waals surface area contributed by atoms with Crippen molar-refractivity contribution in [1.82, 2.24) is 4.90 Å². The van der Waals surface area contributed by atoms with Gasteiger partial charge in [0.15, 0.2) is 0 Å². The minimum absolute atomic E-state index is 0.0505. The molecule has 1 amide bonds. The van der Waals surface area contributed by atoms with E-state index < -0.39 is 18.3 Å². The van der Waals surface area contributed by atoms with Crippen molar-refractivity contribution in [1.29, 1.82) is 0 Å². The Morgan fingerprint density at radius 3 is 2.25 bits per heavy atom. The second-order valence-corrected chi connectivity index (χ2v) is 7.28.